The second-order valence-electron chi connectivity index (χ2n) is 6.65. The SMILES string of the molecule is O=C(C(=O)N(Cc1ccccc1)c1ccccc1)N(CCO)Cc1ccccc1. The first-order chi connectivity index (χ1) is 14.2. The van der Waals surface area contributed by atoms with E-state index in [2.05, 4.69) is 0 Å². The van der Waals surface area contributed by atoms with Crippen LogP contribution in [0.2, 0.25) is 0 Å². The summed E-state index contributed by atoms with van der Waals surface area (Å²) in [5.41, 5.74) is 2.48. The lowest BCUT2D eigenvalue weighted by Gasteiger charge is -2.27. The lowest BCUT2D eigenvalue weighted by molar-refractivity contribution is -0.145. The minimum atomic E-state index is -0.636. The van der Waals surface area contributed by atoms with Crippen molar-refractivity contribution in [3.63, 3.8) is 0 Å². The predicted octanol–water partition coefficient (Wildman–Crippen LogP) is 3.24. The van der Waals surface area contributed by atoms with Crippen molar-refractivity contribution in [1.29, 1.82) is 0 Å². The van der Waals surface area contributed by atoms with E-state index >= 15 is 0 Å². The van der Waals surface area contributed by atoms with Gasteiger partial charge in [0.05, 0.1) is 13.2 Å². The number of amides is 2. The molecule has 148 valence electrons. The van der Waals surface area contributed by atoms with Gasteiger partial charge in [0.15, 0.2) is 0 Å². The van der Waals surface area contributed by atoms with E-state index in [1.165, 1.54) is 9.80 Å². The Bertz CT molecular complexity index is 915. The highest BCUT2D eigenvalue weighted by atomic mass is 16.3. The molecule has 0 saturated heterocycles. The molecule has 1 N–H and O–H groups in total. The number of rotatable bonds is 7. The standard InChI is InChI=1S/C24H24N2O3/c27-17-16-25(18-20-10-4-1-5-11-20)23(28)24(29)26(22-14-8-3-9-15-22)19-21-12-6-2-7-13-21/h1-15,27H,16-19H2. The normalized spacial score (nSPS) is 10.4. The lowest BCUT2D eigenvalue weighted by atomic mass is 10.1. The minimum Gasteiger partial charge on any atom is -0.395 e. The van der Waals surface area contributed by atoms with Gasteiger partial charge in [-0.3, -0.25) is 14.5 Å². The first-order valence-corrected chi connectivity index (χ1v) is 9.53. The van der Waals surface area contributed by atoms with Gasteiger partial charge < -0.3 is 10.0 Å². The summed E-state index contributed by atoms with van der Waals surface area (Å²) in [6, 6.07) is 28.1. The quantitative estimate of drug-likeness (QED) is 0.632. The Morgan fingerprint density at radius 3 is 1.66 bits per heavy atom. The third kappa shape index (κ3) is 5.53. The molecular formula is C24H24N2O3. The Balaban J connectivity index is 1.85. The van der Waals surface area contributed by atoms with Crippen molar-refractivity contribution >= 4 is 17.5 Å². The summed E-state index contributed by atoms with van der Waals surface area (Å²) in [4.78, 5) is 29.1. The number of anilines is 1. The fraction of sp³-hybridized carbons (Fsp3) is 0.167. The summed E-state index contributed by atoms with van der Waals surface area (Å²) in [7, 11) is 0. The molecule has 0 atom stereocenters. The van der Waals surface area contributed by atoms with Gasteiger partial charge in [-0.05, 0) is 23.3 Å². The van der Waals surface area contributed by atoms with Crippen molar-refractivity contribution in [3.05, 3.63) is 102 Å². The molecule has 0 radical (unpaired) electrons. The van der Waals surface area contributed by atoms with Crippen molar-refractivity contribution in [2.24, 2.45) is 0 Å². The van der Waals surface area contributed by atoms with E-state index in [-0.39, 0.29) is 26.2 Å². The van der Waals surface area contributed by atoms with Gasteiger partial charge in [0.1, 0.15) is 0 Å². The zero-order chi connectivity index (χ0) is 20.5. The van der Waals surface area contributed by atoms with Gasteiger partial charge in [-0.25, -0.2) is 0 Å². The molecule has 3 aromatic rings. The van der Waals surface area contributed by atoms with E-state index < -0.39 is 11.8 Å². The molecule has 0 aliphatic heterocycles. The van der Waals surface area contributed by atoms with E-state index in [1.807, 2.05) is 91.0 Å². The van der Waals surface area contributed by atoms with Crippen LogP contribution < -0.4 is 4.90 Å². The molecular weight excluding hydrogens is 364 g/mol. The molecule has 5 nitrogen and oxygen atoms in total. The van der Waals surface area contributed by atoms with E-state index in [0.29, 0.717) is 5.69 Å². The molecule has 0 bridgehead atoms. The number of nitrogens with zero attached hydrogens (tertiary/aromatic N) is 2. The monoisotopic (exact) mass is 388 g/mol. The van der Waals surface area contributed by atoms with Gasteiger partial charge in [0.25, 0.3) is 0 Å². The van der Waals surface area contributed by atoms with Crippen LogP contribution in [0.1, 0.15) is 11.1 Å². The highest BCUT2D eigenvalue weighted by Crippen LogP contribution is 2.18. The van der Waals surface area contributed by atoms with E-state index in [4.69, 9.17) is 0 Å². The molecule has 0 heterocycles. The van der Waals surface area contributed by atoms with Crippen LogP contribution in [0.15, 0.2) is 91.0 Å². The first-order valence-electron chi connectivity index (χ1n) is 9.53. The van der Waals surface area contributed by atoms with Crippen LogP contribution >= 0.6 is 0 Å². The highest BCUT2D eigenvalue weighted by Gasteiger charge is 2.28. The average molecular weight is 388 g/mol. The Morgan fingerprint density at radius 2 is 1.14 bits per heavy atom. The van der Waals surface area contributed by atoms with E-state index in [1.54, 1.807) is 0 Å². The molecule has 0 aromatic heterocycles. The maximum Gasteiger partial charge on any atom is 0.316 e. The molecule has 29 heavy (non-hydrogen) atoms. The topological polar surface area (TPSA) is 60.9 Å². The number of aliphatic hydroxyl groups excluding tert-OH is 1. The van der Waals surface area contributed by atoms with Crippen molar-refractivity contribution in [1.82, 2.24) is 4.90 Å². The van der Waals surface area contributed by atoms with Gasteiger partial charge in [-0.1, -0.05) is 78.9 Å². The first kappa shape index (κ1) is 20.3. The third-order valence-electron chi connectivity index (χ3n) is 4.55. The number of para-hydroxylation sites is 1. The largest absolute Gasteiger partial charge is 0.395 e. The Kier molecular flexibility index (Phi) is 7.14. The summed E-state index contributed by atoms with van der Waals surface area (Å²) in [6.07, 6.45) is 0. The fourth-order valence-electron chi connectivity index (χ4n) is 3.08. The number of hydrogen-bond acceptors (Lipinski definition) is 3. The Labute approximate surface area is 170 Å². The van der Waals surface area contributed by atoms with Crippen molar-refractivity contribution < 1.29 is 14.7 Å². The van der Waals surface area contributed by atoms with Crippen LogP contribution in [0.5, 0.6) is 0 Å². The Morgan fingerprint density at radius 1 is 0.655 bits per heavy atom. The van der Waals surface area contributed by atoms with Gasteiger partial charge in [0.2, 0.25) is 0 Å². The van der Waals surface area contributed by atoms with Crippen molar-refractivity contribution in [3.8, 4) is 0 Å². The van der Waals surface area contributed by atoms with Crippen LogP contribution in [0.25, 0.3) is 0 Å². The summed E-state index contributed by atoms with van der Waals surface area (Å²) < 4.78 is 0. The highest BCUT2D eigenvalue weighted by molar-refractivity contribution is 6.40. The van der Waals surface area contributed by atoms with E-state index in [0.717, 1.165) is 11.1 Å². The molecule has 0 saturated carbocycles. The Hall–Kier alpha value is -3.44. The summed E-state index contributed by atoms with van der Waals surface area (Å²) >= 11 is 0. The number of carbonyl (C=O) groups excluding carboxylic acids is 2. The van der Waals surface area contributed by atoms with Crippen LogP contribution in [-0.2, 0) is 22.7 Å². The van der Waals surface area contributed by atoms with Gasteiger partial charge >= 0.3 is 11.8 Å². The number of aliphatic hydroxyl groups is 1. The summed E-state index contributed by atoms with van der Waals surface area (Å²) in [5, 5.41) is 9.42. The second-order valence-corrected chi connectivity index (χ2v) is 6.65. The van der Waals surface area contributed by atoms with Crippen LogP contribution in [0.3, 0.4) is 0 Å². The second kappa shape index (κ2) is 10.2. The summed E-state index contributed by atoms with van der Waals surface area (Å²) in [6.45, 7) is 0.428. The maximum absolute atomic E-state index is 13.2. The third-order valence-corrected chi connectivity index (χ3v) is 4.55. The molecule has 0 aliphatic carbocycles. The molecule has 0 unspecified atom stereocenters. The van der Waals surface area contributed by atoms with Crippen LogP contribution in [0, 0.1) is 0 Å². The smallest absolute Gasteiger partial charge is 0.316 e. The fourth-order valence-corrected chi connectivity index (χ4v) is 3.08. The number of hydrogen-bond donors (Lipinski definition) is 1. The van der Waals surface area contributed by atoms with Crippen LogP contribution in [-0.4, -0.2) is 35.0 Å². The van der Waals surface area contributed by atoms with Gasteiger partial charge in [-0.2, -0.15) is 0 Å². The zero-order valence-electron chi connectivity index (χ0n) is 16.1. The van der Waals surface area contributed by atoms with Crippen LogP contribution in [0.4, 0.5) is 5.69 Å². The van der Waals surface area contributed by atoms with Crippen molar-refractivity contribution in [2.75, 3.05) is 18.1 Å². The molecule has 0 spiro atoms. The molecule has 3 aromatic carbocycles. The lowest BCUT2D eigenvalue weighted by Crippen LogP contribution is -2.46. The van der Waals surface area contributed by atoms with Gasteiger partial charge in [-0.15, -0.1) is 0 Å². The molecule has 0 fully saturated rings. The van der Waals surface area contributed by atoms with Gasteiger partial charge in [0, 0.05) is 18.8 Å². The zero-order valence-corrected chi connectivity index (χ0v) is 16.1. The predicted molar refractivity (Wildman–Crippen MR) is 113 cm³/mol. The minimum absolute atomic E-state index is 0.0907. The number of carbonyl (C=O) groups is 2. The molecule has 0 aliphatic rings. The molecule has 5 heteroatoms. The van der Waals surface area contributed by atoms with E-state index in [9.17, 15) is 14.7 Å². The maximum atomic E-state index is 13.2. The average Bonchev–Trinajstić information content (AvgIpc) is 2.78. The molecule has 3 rings (SSSR count). The van der Waals surface area contributed by atoms with Crippen molar-refractivity contribution in [2.45, 2.75) is 13.1 Å². The molecule has 2 amide bonds. The summed E-state index contributed by atoms with van der Waals surface area (Å²) in [5.74, 6) is -1.26. The number of benzene rings is 3.